The molecule has 0 bridgehead atoms. The summed E-state index contributed by atoms with van der Waals surface area (Å²) in [5.74, 6) is -0.519. The van der Waals surface area contributed by atoms with Crippen LogP contribution in [0.2, 0.25) is 10.0 Å². The summed E-state index contributed by atoms with van der Waals surface area (Å²) < 4.78 is 13.2. The molecule has 0 aliphatic carbocycles. The summed E-state index contributed by atoms with van der Waals surface area (Å²) in [6, 6.07) is 9.44. The summed E-state index contributed by atoms with van der Waals surface area (Å²) in [4.78, 5) is 20.5. The standard InChI is InChI=1S/C18H13Cl2FN4O/c1-10-12(19)3-2-4-15(10)25-18(26)16-8-23-17(9-22-16)24-11-5-6-14(21)13(20)7-11/h2-9H,1H3,(H,23,24)(H,25,26). The molecular weight excluding hydrogens is 378 g/mol. The maximum Gasteiger partial charge on any atom is 0.275 e. The second-order valence-corrected chi connectivity index (χ2v) is 6.22. The molecule has 0 unspecified atom stereocenters. The van der Waals surface area contributed by atoms with Gasteiger partial charge in [0.25, 0.3) is 5.91 Å². The van der Waals surface area contributed by atoms with Crippen molar-refractivity contribution in [3.05, 3.63) is 75.9 Å². The molecule has 1 heterocycles. The first-order valence-electron chi connectivity index (χ1n) is 7.54. The van der Waals surface area contributed by atoms with Gasteiger partial charge in [-0.25, -0.2) is 14.4 Å². The topological polar surface area (TPSA) is 66.9 Å². The summed E-state index contributed by atoms with van der Waals surface area (Å²) in [7, 11) is 0. The van der Waals surface area contributed by atoms with E-state index in [0.29, 0.717) is 22.2 Å². The molecule has 132 valence electrons. The summed E-state index contributed by atoms with van der Waals surface area (Å²) in [6.45, 7) is 1.81. The van der Waals surface area contributed by atoms with Gasteiger partial charge in [0.15, 0.2) is 0 Å². The molecule has 0 saturated carbocycles. The van der Waals surface area contributed by atoms with Crippen molar-refractivity contribution in [3.63, 3.8) is 0 Å². The highest BCUT2D eigenvalue weighted by Gasteiger charge is 2.11. The highest BCUT2D eigenvalue weighted by Crippen LogP contribution is 2.24. The van der Waals surface area contributed by atoms with E-state index in [0.717, 1.165) is 5.56 Å². The first kappa shape index (κ1) is 18.1. The Kier molecular flexibility index (Phi) is 5.35. The monoisotopic (exact) mass is 390 g/mol. The van der Waals surface area contributed by atoms with Crippen molar-refractivity contribution in [2.45, 2.75) is 6.92 Å². The highest BCUT2D eigenvalue weighted by atomic mass is 35.5. The van der Waals surface area contributed by atoms with Crippen LogP contribution < -0.4 is 10.6 Å². The lowest BCUT2D eigenvalue weighted by atomic mass is 10.2. The maximum absolute atomic E-state index is 13.2. The summed E-state index contributed by atoms with van der Waals surface area (Å²) >= 11 is 11.8. The summed E-state index contributed by atoms with van der Waals surface area (Å²) in [5.41, 5.74) is 2.07. The number of amides is 1. The van der Waals surface area contributed by atoms with Gasteiger partial charge in [-0.15, -0.1) is 0 Å². The molecule has 2 aromatic carbocycles. The second-order valence-electron chi connectivity index (χ2n) is 5.41. The molecule has 0 aliphatic rings. The third-order valence-electron chi connectivity index (χ3n) is 3.59. The number of benzene rings is 2. The van der Waals surface area contributed by atoms with E-state index in [-0.39, 0.29) is 10.7 Å². The van der Waals surface area contributed by atoms with Crippen molar-refractivity contribution < 1.29 is 9.18 Å². The van der Waals surface area contributed by atoms with Crippen LogP contribution in [0, 0.1) is 12.7 Å². The molecule has 1 aromatic heterocycles. The van der Waals surface area contributed by atoms with Crippen LogP contribution in [0.4, 0.5) is 21.6 Å². The van der Waals surface area contributed by atoms with E-state index in [4.69, 9.17) is 23.2 Å². The SMILES string of the molecule is Cc1c(Cl)cccc1NC(=O)c1cnc(Nc2ccc(F)c(Cl)c2)cn1. The van der Waals surface area contributed by atoms with Crippen molar-refractivity contribution in [1.29, 1.82) is 0 Å². The predicted octanol–water partition coefficient (Wildman–Crippen LogP) is 5.23. The van der Waals surface area contributed by atoms with Gasteiger partial charge in [-0.3, -0.25) is 4.79 Å². The van der Waals surface area contributed by atoms with Gasteiger partial charge < -0.3 is 10.6 Å². The molecule has 0 atom stereocenters. The fraction of sp³-hybridized carbons (Fsp3) is 0.0556. The molecule has 3 rings (SSSR count). The van der Waals surface area contributed by atoms with Gasteiger partial charge in [-0.1, -0.05) is 29.3 Å². The minimum Gasteiger partial charge on any atom is -0.339 e. The first-order valence-corrected chi connectivity index (χ1v) is 8.30. The van der Waals surface area contributed by atoms with Crippen molar-refractivity contribution in [1.82, 2.24) is 9.97 Å². The number of nitrogens with one attached hydrogen (secondary N) is 2. The quantitative estimate of drug-likeness (QED) is 0.640. The lowest BCUT2D eigenvalue weighted by Crippen LogP contribution is -2.15. The van der Waals surface area contributed by atoms with E-state index in [2.05, 4.69) is 20.6 Å². The smallest absolute Gasteiger partial charge is 0.275 e. The Labute approximate surface area is 159 Å². The van der Waals surface area contributed by atoms with Crippen LogP contribution >= 0.6 is 23.2 Å². The third kappa shape index (κ3) is 4.09. The lowest BCUT2D eigenvalue weighted by Gasteiger charge is -2.09. The van der Waals surface area contributed by atoms with Crippen molar-refractivity contribution in [2.75, 3.05) is 10.6 Å². The van der Waals surface area contributed by atoms with Crippen LogP contribution in [0.15, 0.2) is 48.8 Å². The third-order valence-corrected chi connectivity index (χ3v) is 4.29. The lowest BCUT2D eigenvalue weighted by molar-refractivity contribution is 0.102. The molecule has 2 N–H and O–H groups in total. The number of nitrogens with zero attached hydrogens (tertiary/aromatic N) is 2. The zero-order chi connectivity index (χ0) is 18.7. The molecule has 0 fully saturated rings. The molecular formula is C18H13Cl2FN4O. The predicted molar refractivity (Wildman–Crippen MR) is 101 cm³/mol. The van der Waals surface area contributed by atoms with Crippen LogP contribution in [0.1, 0.15) is 16.1 Å². The van der Waals surface area contributed by atoms with E-state index >= 15 is 0 Å². The van der Waals surface area contributed by atoms with E-state index in [1.807, 2.05) is 6.92 Å². The number of carbonyl (C=O) groups is 1. The van der Waals surface area contributed by atoms with Gasteiger partial charge in [-0.05, 0) is 42.8 Å². The number of halogens is 3. The Bertz CT molecular complexity index is 964. The Morgan fingerprint density at radius 1 is 1.08 bits per heavy atom. The molecule has 8 heteroatoms. The average molecular weight is 391 g/mol. The summed E-state index contributed by atoms with van der Waals surface area (Å²) in [6.07, 6.45) is 2.74. The highest BCUT2D eigenvalue weighted by molar-refractivity contribution is 6.32. The van der Waals surface area contributed by atoms with E-state index < -0.39 is 11.7 Å². The van der Waals surface area contributed by atoms with Crippen molar-refractivity contribution in [3.8, 4) is 0 Å². The Morgan fingerprint density at radius 3 is 2.58 bits per heavy atom. The van der Waals surface area contributed by atoms with Crippen molar-refractivity contribution in [2.24, 2.45) is 0 Å². The number of carbonyl (C=O) groups excluding carboxylic acids is 1. The molecule has 0 aliphatic heterocycles. The van der Waals surface area contributed by atoms with Gasteiger partial charge in [0.05, 0.1) is 17.4 Å². The molecule has 3 aromatic rings. The largest absolute Gasteiger partial charge is 0.339 e. The zero-order valence-corrected chi connectivity index (χ0v) is 15.1. The van der Waals surface area contributed by atoms with Gasteiger partial charge in [0, 0.05) is 16.4 Å². The Morgan fingerprint density at radius 2 is 1.88 bits per heavy atom. The Balaban J connectivity index is 1.71. The van der Waals surface area contributed by atoms with Gasteiger partial charge in [-0.2, -0.15) is 0 Å². The molecule has 0 spiro atoms. The fourth-order valence-electron chi connectivity index (χ4n) is 2.16. The van der Waals surface area contributed by atoms with Crippen LogP contribution in [0.25, 0.3) is 0 Å². The van der Waals surface area contributed by atoms with Crippen LogP contribution in [-0.2, 0) is 0 Å². The molecule has 26 heavy (non-hydrogen) atoms. The minimum atomic E-state index is -0.508. The van der Waals surface area contributed by atoms with E-state index in [9.17, 15) is 9.18 Å². The molecule has 5 nitrogen and oxygen atoms in total. The van der Waals surface area contributed by atoms with Crippen LogP contribution in [-0.4, -0.2) is 15.9 Å². The normalized spacial score (nSPS) is 10.5. The van der Waals surface area contributed by atoms with Crippen LogP contribution in [0.5, 0.6) is 0 Å². The number of hydrogen-bond donors (Lipinski definition) is 2. The second kappa shape index (κ2) is 7.68. The van der Waals surface area contributed by atoms with Gasteiger partial charge >= 0.3 is 0 Å². The van der Waals surface area contributed by atoms with E-state index in [1.54, 1.807) is 18.2 Å². The molecule has 0 saturated heterocycles. The van der Waals surface area contributed by atoms with Crippen LogP contribution in [0.3, 0.4) is 0 Å². The van der Waals surface area contributed by atoms with E-state index in [1.165, 1.54) is 30.6 Å². The van der Waals surface area contributed by atoms with Gasteiger partial charge in [0.2, 0.25) is 0 Å². The molecule has 0 radical (unpaired) electrons. The van der Waals surface area contributed by atoms with Gasteiger partial charge in [0.1, 0.15) is 17.3 Å². The number of rotatable bonds is 4. The fourth-order valence-corrected chi connectivity index (χ4v) is 2.52. The number of anilines is 3. The Hall–Kier alpha value is -2.70. The minimum absolute atomic E-state index is 0.00384. The number of aromatic nitrogens is 2. The van der Waals surface area contributed by atoms with Crippen molar-refractivity contribution >= 4 is 46.3 Å². The average Bonchev–Trinajstić information content (AvgIpc) is 2.63. The summed E-state index contributed by atoms with van der Waals surface area (Å²) in [5, 5.41) is 6.23. The first-order chi connectivity index (χ1) is 12.4. The zero-order valence-electron chi connectivity index (χ0n) is 13.6. The maximum atomic E-state index is 13.2. The molecule has 1 amide bonds. The number of hydrogen-bond acceptors (Lipinski definition) is 4.